The van der Waals surface area contributed by atoms with Gasteiger partial charge in [0.15, 0.2) is 0 Å². The van der Waals surface area contributed by atoms with Gasteiger partial charge >= 0.3 is 5.97 Å². The number of halogens is 2. The molecular weight excluding hydrogens is 383 g/mol. The average Bonchev–Trinajstić information content (AvgIpc) is 3.24. The summed E-state index contributed by atoms with van der Waals surface area (Å²) in [6.07, 6.45) is 1.46. The topological polar surface area (TPSA) is 95.4 Å². The highest BCUT2D eigenvalue weighted by atomic mass is 35.5. The number of carboxylic acid groups (broad SMARTS) is 1. The van der Waals surface area contributed by atoms with Gasteiger partial charge in [-0.15, -0.1) is 22.6 Å². The van der Waals surface area contributed by atoms with Crippen LogP contribution in [0.25, 0.3) is 0 Å². The molecule has 1 fully saturated rings. The number of rotatable bonds is 6. The van der Waals surface area contributed by atoms with Gasteiger partial charge in [0, 0.05) is 6.54 Å². The van der Waals surface area contributed by atoms with Crippen LogP contribution in [0, 0.1) is 5.82 Å². The van der Waals surface area contributed by atoms with Gasteiger partial charge in [-0.25, -0.2) is 4.39 Å². The van der Waals surface area contributed by atoms with Gasteiger partial charge in [-0.05, 0) is 37.1 Å². The predicted octanol–water partition coefficient (Wildman–Crippen LogP) is 2.08. The Labute approximate surface area is 159 Å². The molecule has 3 rings (SSSR count). The van der Waals surface area contributed by atoms with Gasteiger partial charge in [0.05, 0.1) is 6.54 Å². The third-order valence-electron chi connectivity index (χ3n) is 4.01. The van der Waals surface area contributed by atoms with Crippen molar-refractivity contribution in [3.63, 3.8) is 0 Å². The number of nitrogens with zero attached hydrogens (tertiary/aromatic N) is 3. The lowest BCUT2D eigenvalue weighted by atomic mass is 10.2. The van der Waals surface area contributed by atoms with Gasteiger partial charge in [0.1, 0.15) is 16.9 Å². The summed E-state index contributed by atoms with van der Waals surface area (Å²) in [6, 6.07) is 5.36. The number of amides is 1. The molecule has 0 aliphatic carbocycles. The maximum absolute atomic E-state index is 12.9. The fourth-order valence-electron chi connectivity index (χ4n) is 2.74. The molecule has 1 saturated heterocycles. The molecule has 1 aliphatic heterocycles. The van der Waals surface area contributed by atoms with Gasteiger partial charge < -0.3 is 10.4 Å². The quantitative estimate of drug-likeness (QED) is 0.770. The number of carbonyl (C=O) groups is 2. The second kappa shape index (κ2) is 9.02. The Balaban J connectivity index is 0.00000243. The van der Waals surface area contributed by atoms with Crippen LogP contribution in [0.4, 0.5) is 4.39 Å². The Morgan fingerprint density at radius 1 is 1.31 bits per heavy atom. The molecule has 0 spiro atoms. The summed E-state index contributed by atoms with van der Waals surface area (Å²) in [5.74, 6) is -1.52. The van der Waals surface area contributed by atoms with Crippen LogP contribution in [0.15, 0.2) is 24.3 Å². The first-order chi connectivity index (χ1) is 12.0. The minimum atomic E-state index is -0.834. The molecule has 26 heavy (non-hydrogen) atoms. The molecule has 1 aliphatic rings. The standard InChI is InChI=1S/C16H17FN4O3S.ClH/c17-11-5-3-10(4-6-11)8-18-14(22)15-20-19-13(25-15)9-21-7-1-2-12(21)16(23)24;/h3-6,12H,1-2,7-9H2,(H,18,22)(H,23,24);1H/t12-;/m0./s1. The molecule has 0 unspecified atom stereocenters. The first-order valence-corrected chi connectivity index (χ1v) is 8.66. The highest BCUT2D eigenvalue weighted by Crippen LogP contribution is 2.21. The number of benzene rings is 1. The Kier molecular flexibility index (Phi) is 7.01. The van der Waals surface area contributed by atoms with Crippen LogP contribution >= 0.6 is 23.7 Å². The molecule has 1 atom stereocenters. The van der Waals surface area contributed by atoms with Crippen molar-refractivity contribution in [1.29, 1.82) is 0 Å². The normalized spacial score (nSPS) is 16.9. The summed E-state index contributed by atoms with van der Waals surface area (Å²) >= 11 is 1.15. The number of aromatic nitrogens is 2. The van der Waals surface area contributed by atoms with E-state index in [9.17, 15) is 19.1 Å². The van der Waals surface area contributed by atoms with Crippen molar-refractivity contribution in [3.05, 3.63) is 45.7 Å². The molecule has 0 bridgehead atoms. The van der Waals surface area contributed by atoms with Crippen molar-refractivity contribution >= 4 is 35.6 Å². The number of nitrogens with one attached hydrogen (secondary N) is 1. The van der Waals surface area contributed by atoms with Gasteiger partial charge in [-0.1, -0.05) is 23.5 Å². The molecule has 140 valence electrons. The van der Waals surface area contributed by atoms with E-state index in [2.05, 4.69) is 15.5 Å². The van der Waals surface area contributed by atoms with Crippen molar-refractivity contribution in [3.8, 4) is 0 Å². The van der Waals surface area contributed by atoms with Crippen molar-refractivity contribution in [2.75, 3.05) is 6.54 Å². The maximum Gasteiger partial charge on any atom is 0.320 e. The monoisotopic (exact) mass is 400 g/mol. The Morgan fingerprint density at radius 2 is 2.04 bits per heavy atom. The smallest absolute Gasteiger partial charge is 0.320 e. The maximum atomic E-state index is 12.9. The minimum Gasteiger partial charge on any atom is -0.480 e. The summed E-state index contributed by atoms with van der Waals surface area (Å²) in [5.41, 5.74) is 0.779. The number of hydrogen-bond donors (Lipinski definition) is 2. The van der Waals surface area contributed by atoms with Crippen LogP contribution < -0.4 is 5.32 Å². The van der Waals surface area contributed by atoms with E-state index in [0.29, 0.717) is 24.5 Å². The van der Waals surface area contributed by atoms with Gasteiger partial charge in [0.25, 0.3) is 5.91 Å². The summed E-state index contributed by atoms with van der Waals surface area (Å²) in [5, 5.41) is 20.6. The SMILES string of the molecule is Cl.O=C(NCc1ccc(F)cc1)c1nnc(CN2CCC[C@H]2C(=O)O)s1. The van der Waals surface area contributed by atoms with Crippen LogP contribution in [0.5, 0.6) is 0 Å². The van der Waals surface area contributed by atoms with E-state index in [1.54, 1.807) is 12.1 Å². The highest BCUT2D eigenvalue weighted by molar-refractivity contribution is 7.13. The number of aliphatic carboxylic acids is 1. The second-order valence-electron chi connectivity index (χ2n) is 5.78. The first kappa shape index (κ1) is 20.2. The van der Waals surface area contributed by atoms with Gasteiger partial charge in [0.2, 0.25) is 5.01 Å². The summed E-state index contributed by atoms with van der Waals surface area (Å²) in [7, 11) is 0. The first-order valence-electron chi connectivity index (χ1n) is 7.85. The zero-order chi connectivity index (χ0) is 17.8. The van der Waals surface area contributed by atoms with Crippen molar-refractivity contribution < 1.29 is 19.1 Å². The van der Waals surface area contributed by atoms with Gasteiger partial charge in [-0.2, -0.15) is 0 Å². The molecule has 2 heterocycles. The van der Waals surface area contributed by atoms with E-state index in [0.717, 1.165) is 23.3 Å². The molecule has 0 radical (unpaired) electrons. The molecule has 1 aromatic carbocycles. The molecule has 0 saturated carbocycles. The van der Waals surface area contributed by atoms with Crippen molar-refractivity contribution in [2.24, 2.45) is 0 Å². The summed E-state index contributed by atoms with van der Waals surface area (Å²) < 4.78 is 12.9. The molecule has 1 amide bonds. The summed E-state index contributed by atoms with van der Waals surface area (Å²) in [4.78, 5) is 25.2. The number of hydrogen-bond acceptors (Lipinski definition) is 6. The lowest BCUT2D eigenvalue weighted by Crippen LogP contribution is -2.35. The van der Waals surface area contributed by atoms with E-state index in [-0.39, 0.29) is 35.7 Å². The third kappa shape index (κ3) is 4.96. The highest BCUT2D eigenvalue weighted by Gasteiger charge is 2.31. The van der Waals surface area contributed by atoms with E-state index >= 15 is 0 Å². The van der Waals surface area contributed by atoms with Crippen LogP contribution in [0.1, 0.15) is 33.2 Å². The molecule has 1 aromatic heterocycles. The zero-order valence-corrected chi connectivity index (χ0v) is 15.4. The fraction of sp³-hybridized carbons (Fsp3) is 0.375. The van der Waals surface area contributed by atoms with Crippen LogP contribution in [-0.2, 0) is 17.9 Å². The zero-order valence-electron chi connectivity index (χ0n) is 13.7. The van der Waals surface area contributed by atoms with E-state index < -0.39 is 12.0 Å². The average molecular weight is 401 g/mol. The largest absolute Gasteiger partial charge is 0.480 e. The van der Waals surface area contributed by atoms with E-state index in [1.165, 1.54) is 12.1 Å². The van der Waals surface area contributed by atoms with Crippen LogP contribution in [0.2, 0.25) is 0 Å². The molecule has 7 nitrogen and oxygen atoms in total. The number of likely N-dealkylation sites (tertiary alicyclic amines) is 1. The number of carboxylic acids is 1. The lowest BCUT2D eigenvalue weighted by molar-refractivity contribution is -0.142. The van der Waals surface area contributed by atoms with Crippen molar-refractivity contribution in [2.45, 2.75) is 32.0 Å². The number of carbonyl (C=O) groups excluding carboxylic acids is 1. The molecule has 2 aromatic rings. The van der Waals surface area contributed by atoms with Crippen molar-refractivity contribution in [1.82, 2.24) is 20.4 Å². The van der Waals surface area contributed by atoms with Crippen LogP contribution in [0.3, 0.4) is 0 Å². The van der Waals surface area contributed by atoms with E-state index in [4.69, 9.17) is 0 Å². The fourth-order valence-corrected chi connectivity index (χ4v) is 3.52. The van der Waals surface area contributed by atoms with E-state index in [1.807, 2.05) is 4.90 Å². The summed E-state index contributed by atoms with van der Waals surface area (Å²) in [6.45, 7) is 1.34. The molecule has 10 heteroatoms. The van der Waals surface area contributed by atoms with Gasteiger partial charge in [-0.3, -0.25) is 14.5 Å². The van der Waals surface area contributed by atoms with Crippen LogP contribution in [-0.4, -0.2) is 44.7 Å². The molecular formula is C16H18ClFN4O3S. The minimum absolute atomic E-state index is 0. The lowest BCUT2D eigenvalue weighted by Gasteiger charge is -2.18. The third-order valence-corrected chi connectivity index (χ3v) is 4.92. The second-order valence-corrected chi connectivity index (χ2v) is 6.84. The Hall–Kier alpha value is -2.10. The Morgan fingerprint density at radius 3 is 2.73 bits per heavy atom. The molecule has 2 N–H and O–H groups in total. The Bertz CT molecular complexity index is 771. The predicted molar refractivity (Wildman–Crippen MR) is 95.8 cm³/mol.